The molecule has 0 radical (unpaired) electrons. The van der Waals surface area contributed by atoms with E-state index < -0.39 is 0 Å². The van der Waals surface area contributed by atoms with Gasteiger partial charge in [-0.25, -0.2) is 0 Å². The highest BCUT2D eigenvalue weighted by Gasteiger charge is 2.24. The third-order valence-corrected chi connectivity index (χ3v) is 4.96. The number of aromatic nitrogens is 1. The molecule has 1 heterocycles. The molecule has 0 unspecified atom stereocenters. The van der Waals surface area contributed by atoms with Crippen molar-refractivity contribution in [1.29, 1.82) is 0 Å². The van der Waals surface area contributed by atoms with Crippen LogP contribution in [-0.2, 0) is 6.61 Å². The van der Waals surface area contributed by atoms with Crippen LogP contribution in [0.4, 0.5) is 0 Å². The largest absolute Gasteiger partial charge is 0.488 e. The first-order valence-electron chi connectivity index (χ1n) is 10.2. The van der Waals surface area contributed by atoms with Crippen LogP contribution in [-0.4, -0.2) is 17.6 Å². The van der Waals surface area contributed by atoms with Crippen LogP contribution in [0.5, 0.6) is 5.75 Å². The molecule has 0 aliphatic carbocycles. The fourth-order valence-electron chi connectivity index (χ4n) is 3.44. The normalized spacial score (nSPS) is 10.8. The monoisotopic (exact) mass is 404 g/mol. The van der Waals surface area contributed by atoms with Crippen molar-refractivity contribution in [3.05, 3.63) is 77.0 Å². The summed E-state index contributed by atoms with van der Waals surface area (Å²) in [5.41, 5.74) is 4.94. The van der Waals surface area contributed by atoms with E-state index in [1.165, 1.54) is 5.56 Å². The van der Waals surface area contributed by atoms with E-state index in [0.717, 1.165) is 16.7 Å². The second-order valence-electron chi connectivity index (χ2n) is 7.47. The molecule has 0 saturated carbocycles. The average Bonchev–Trinajstić information content (AvgIpc) is 3.17. The predicted octanol–water partition coefficient (Wildman–Crippen LogP) is 5.75. The van der Waals surface area contributed by atoms with Crippen LogP contribution < -0.4 is 10.1 Å². The topological polar surface area (TPSA) is 64.4 Å². The molecular weight excluding hydrogens is 376 g/mol. The van der Waals surface area contributed by atoms with Crippen LogP contribution in [0.2, 0.25) is 0 Å². The van der Waals surface area contributed by atoms with Crippen molar-refractivity contribution >= 4 is 12.0 Å². The van der Waals surface area contributed by atoms with E-state index in [2.05, 4.69) is 43.9 Å². The SMILES string of the molecule is C=Cc1c(C(=O)NCC)noc1-c1cc(C(C)C)c(C)cc1OCc1ccccc1. The summed E-state index contributed by atoms with van der Waals surface area (Å²) in [6, 6.07) is 14.1. The molecule has 0 spiro atoms. The lowest BCUT2D eigenvalue weighted by Gasteiger charge is -2.17. The van der Waals surface area contributed by atoms with Gasteiger partial charge >= 0.3 is 0 Å². The summed E-state index contributed by atoms with van der Waals surface area (Å²) in [4.78, 5) is 12.4. The van der Waals surface area contributed by atoms with Crippen molar-refractivity contribution < 1.29 is 14.1 Å². The van der Waals surface area contributed by atoms with Gasteiger partial charge in [0.2, 0.25) is 0 Å². The highest BCUT2D eigenvalue weighted by Crippen LogP contribution is 2.38. The van der Waals surface area contributed by atoms with Gasteiger partial charge < -0.3 is 14.6 Å². The fraction of sp³-hybridized carbons (Fsp3) is 0.280. The molecule has 1 N–H and O–H groups in total. The van der Waals surface area contributed by atoms with Gasteiger partial charge in [-0.15, -0.1) is 0 Å². The van der Waals surface area contributed by atoms with Gasteiger partial charge in [-0.3, -0.25) is 4.79 Å². The second-order valence-corrected chi connectivity index (χ2v) is 7.47. The quantitative estimate of drug-likeness (QED) is 0.519. The van der Waals surface area contributed by atoms with E-state index in [-0.39, 0.29) is 11.6 Å². The van der Waals surface area contributed by atoms with Gasteiger partial charge in [-0.05, 0) is 48.6 Å². The molecule has 0 fully saturated rings. The van der Waals surface area contributed by atoms with Gasteiger partial charge in [0.05, 0.1) is 11.1 Å². The minimum atomic E-state index is -0.287. The van der Waals surface area contributed by atoms with Crippen molar-refractivity contribution in [3.8, 4) is 17.1 Å². The third-order valence-electron chi connectivity index (χ3n) is 4.96. The standard InChI is InChI=1S/C25H28N2O3/c1-6-19-23(25(28)26-7-2)27-30-24(19)21-14-20(16(3)4)17(5)13-22(21)29-15-18-11-9-8-10-12-18/h6,8-14,16H,1,7,15H2,2-5H3,(H,26,28). The molecule has 5 nitrogen and oxygen atoms in total. The smallest absolute Gasteiger partial charge is 0.274 e. The van der Waals surface area contributed by atoms with Crippen LogP contribution in [0.3, 0.4) is 0 Å². The summed E-state index contributed by atoms with van der Waals surface area (Å²) in [5, 5.41) is 6.79. The number of nitrogens with one attached hydrogen (secondary N) is 1. The van der Waals surface area contributed by atoms with Gasteiger partial charge in [0, 0.05) is 6.54 Å². The van der Waals surface area contributed by atoms with Crippen LogP contribution in [0.15, 0.2) is 53.6 Å². The number of carbonyl (C=O) groups excluding carboxylic acids is 1. The lowest BCUT2D eigenvalue weighted by Crippen LogP contribution is -2.23. The maximum Gasteiger partial charge on any atom is 0.274 e. The molecule has 1 amide bonds. The van der Waals surface area contributed by atoms with Gasteiger partial charge in [-0.1, -0.05) is 62.0 Å². The van der Waals surface area contributed by atoms with Crippen molar-refractivity contribution in [3.63, 3.8) is 0 Å². The van der Waals surface area contributed by atoms with E-state index in [9.17, 15) is 4.79 Å². The Balaban J connectivity index is 2.09. The Morgan fingerprint density at radius 1 is 1.27 bits per heavy atom. The zero-order valence-electron chi connectivity index (χ0n) is 18.0. The highest BCUT2D eigenvalue weighted by atomic mass is 16.5. The Hall–Kier alpha value is -3.34. The molecule has 156 valence electrons. The minimum absolute atomic E-state index is 0.225. The summed E-state index contributed by atoms with van der Waals surface area (Å²) < 4.78 is 11.8. The second kappa shape index (κ2) is 9.44. The van der Waals surface area contributed by atoms with Crippen molar-refractivity contribution in [2.24, 2.45) is 0 Å². The summed E-state index contributed by atoms with van der Waals surface area (Å²) >= 11 is 0. The molecule has 0 bridgehead atoms. The third kappa shape index (κ3) is 4.46. The Bertz CT molecular complexity index is 1040. The van der Waals surface area contributed by atoms with Gasteiger partial charge in [-0.2, -0.15) is 0 Å². The molecule has 0 aliphatic heterocycles. The molecule has 30 heavy (non-hydrogen) atoms. The summed E-state index contributed by atoms with van der Waals surface area (Å²) in [5.74, 6) is 1.20. The molecule has 3 rings (SSSR count). The van der Waals surface area contributed by atoms with Crippen molar-refractivity contribution in [1.82, 2.24) is 10.5 Å². The number of hydrogen-bond donors (Lipinski definition) is 1. The fourth-order valence-corrected chi connectivity index (χ4v) is 3.44. The number of nitrogens with zero attached hydrogens (tertiary/aromatic N) is 1. The zero-order chi connectivity index (χ0) is 21.7. The molecule has 0 aliphatic rings. The first-order valence-corrected chi connectivity index (χ1v) is 10.2. The Morgan fingerprint density at radius 3 is 2.63 bits per heavy atom. The molecular formula is C25H28N2O3. The number of hydrogen-bond acceptors (Lipinski definition) is 4. The van der Waals surface area contributed by atoms with Gasteiger partial charge in [0.1, 0.15) is 12.4 Å². The van der Waals surface area contributed by atoms with Crippen molar-refractivity contribution in [2.75, 3.05) is 6.54 Å². The molecule has 1 aromatic heterocycles. The maximum absolute atomic E-state index is 12.4. The highest BCUT2D eigenvalue weighted by molar-refractivity contribution is 5.98. The van der Waals surface area contributed by atoms with E-state index in [4.69, 9.17) is 9.26 Å². The Labute approximate surface area is 177 Å². The number of carbonyl (C=O) groups is 1. The lowest BCUT2D eigenvalue weighted by molar-refractivity contribution is 0.0946. The van der Waals surface area contributed by atoms with Crippen LogP contribution >= 0.6 is 0 Å². The number of amides is 1. The number of ether oxygens (including phenoxy) is 1. The maximum atomic E-state index is 12.4. The van der Waals surface area contributed by atoms with Crippen LogP contribution in [0, 0.1) is 6.92 Å². The molecule has 0 saturated heterocycles. The van der Waals surface area contributed by atoms with Crippen LogP contribution in [0.25, 0.3) is 17.4 Å². The average molecular weight is 405 g/mol. The number of aryl methyl sites for hydroxylation is 1. The first kappa shape index (κ1) is 21.4. The Morgan fingerprint density at radius 2 is 2.00 bits per heavy atom. The molecule has 3 aromatic rings. The number of rotatable bonds is 8. The zero-order valence-corrected chi connectivity index (χ0v) is 18.0. The lowest BCUT2D eigenvalue weighted by atomic mass is 9.93. The van der Waals surface area contributed by atoms with Crippen molar-refractivity contribution in [2.45, 2.75) is 40.2 Å². The predicted molar refractivity (Wildman–Crippen MR) is 120 cm³/mol. The number of benzene rings is 2. The summed E-state index contributed by atoms with van der Waals surface area (Å²) in [6.07, 6.45) is 1.60. The summed E-state index contributed by atoms with van der Waals surface area (Å²) in [7, 11) is 0. The van der Waals surface area contributed by atoms with E-state index >= 15 is 0 Å². The van der Waals surface area contributed by atoms with Crippen LogP contribution in [0.1, 0.15) is 59.4 Å². The van der Waals surface area contributed by atoms with E-state index in [0.29, 0.717) is 36.1 Å². The molecule has 5 heteroatoms. The Kier molecular flexibility index (Phi) is 6.72. The minimum Gasteiger partial charge on any atom is -0.488 e. The van der Waals surface area contributed by atoms with Gasteiger partial charge in [0.25, 0.3) is 5.91 Å². The van der Waals surface area contributed by atoms with E-state index in [1.54, 1.807) is 6.08 Å². The van der Waals surface area contributed by atoms with E-state index in [1.807, 2.05) is 43.3 Å². The summed E-state index contributed by atoms with van der Waals surface area (Å²) in [6.45, 7) is 13.0. The molecule has 2 aromatic carbocycles. The first-order chi connectivity index (χ1) is 14.5. The molecule has 0 atom stereocenters. The van der Waals surface area contributed by atoms with Gasteiger partial charge in [0.15, 0.2) is 11.5 Å².